The van der Waals surface area contributed by atoms with Crippen LogP contribution in [0.1, 0.15) is 0 Å². The molecule has 0 saturated carbocycles. The summed E-state index contributed by atoms with van der Waals surface area (Å²) in [5.41, 5.74) is 10.6. The highest BCUT2D eigenvalue weighted by Gasteiger charge is 2.15. The second-order valence-electron chi connectivity index (χ2n) is 11.4. The van der Waals surface area contributed by atoms with Crippen LogP contribution in [-0.4, -0.2) is 0 Å². The summed E-state index contributed by atoms with van der Waals surface area (Å²) in [6.45, 7) is 0. The monoisotopic (exact) mass is 573 g/mol. The average molecular weight is 574 g/mol. The highest BCUT2D eigenvalue weighted by Crippen LogP contribution is 2.40. The van der Waals surface area contributed by atoms with Gasteiger partial charge in [-0.1, -0.05) is 146 Å². The Morgan fingerprint density at radius 2 is 0.756 bits per heavy atom. The molecule has 0 unspecified atom stereocenters. The van der Waals surface area contributed by atoms with E-state index in [1.54, 1.807) is 0 Å². The molecule has 212 valence electrons. The fourth-order valence-corrected chi connectivity index (χ4v) is 6.42. The van der Waals surface area contributed by atoms with Gasteiger partial charge in [-0.2, -0.15) is 0 Å². The van der Waals surface area contributed by atoms with E-state index in [-0.39, 0.29) is 0 Å². The van der Waals surface area contributed by atoms with E-state index in [1.807, 2.05) is 0 Å². The van der Waals surface area contributed by atoms with Crippen molar-refractivity contribution >= 4 is 38.6 Å². The lowest BCUT2D eigenvalue weighted by atomic mass is 9.93. The van der Waals surface area contributed by atoms with Crippen LogP contribution in [0.2, 0.25) is 0 Å². The van der Waals surface area contributed by atoms with Crippen LogP contribution < -0.4 is 4.90 Å². The summed E-state index contributed by atoms with van der Waals surface area (Å²) in [5.74, 6) is 0. The summed E-state index contributed by atoms with van der Waals surface area (Å²) >= 11 is 0. The van der Waals surface area contributed by atoms with Crippen molar-refractivity contribution in [1.82, 2.24) is 0 Å². The third kappa shape index (κ3) is 5.15. The van der Waals surface area contributed by atoms with Crippen molar-refractivity contribution in [3.63, 3.8) is 0 Å². The van der Waals surface area contributed by atoms with Crippen molar-refractivity contribution in [3.05, 3.63) is 188 Å². The maximum atomic E-state index is 2.35. The molecule has 0 heterocycles. The molecular weight excluding hydrogens is 542 g/mol. The fraction of sp³-hybridized carbons (Fsp3) is 0. The second-order valence-corrected chi connectivity index (χ2v) is 11.4. The second kappa shape index (κ2) is 11.6. The Kier molecular flexibility index (Phi) is 6.90. The third-order valence-electron chi connectivity index (χ3n) is 8.65. The van der Waals surface area contributed by atoms with Crippen molar-refractivity contribution in [2.24, 2.45) is 0 Å². The lowest BCUT2D eigenvalue weighted by Gasteiger charge is -2.26. The molecule has 1 heteroatoms. The minimum Gasteiger partial charge on any atom is -0.310 e. The van der Waals surface area contributed by atoms with E-state index in [0.29, 0.717) is 0 Å². The lowest BCUT2D eigenvalue weighted by molar-refractivity contribution is 1.28. The zero-order chi connectivity index (χ0) is 30.0. The molecule has 0 atom stereocenters. The van der Waals surface area contributed by atoms with Gasteiger partial charge in [0.1, 0.15) is 0 Å². The number of fused-ring (bicyclic) bond motifs is 3. The van der Waals surface area contributed by atoms with Gasteiger partial charge in [0.15, 0.2) is 0 Å². The summed E-state index contributed by atoms with van der Waals surface area (Å²) < 4.78 is 0. The summed E-state index contributed by atoms with van der Waals surface area (Å²) in [5, 5.41) is 5.10. The molecule has 0 spiro atoms. The average Bonchev–Trinajstić information content (AvgIpc) is 3.13. The maximum Gasteiger partial charge on any atom is 0.0467 e. The number of anilines is 3. The van der Waals surface area contributed by atoms with E-state index in [1.165, 1.54) is 54.9 Å². The van der Waals surface area contributed by atoms with Crippen LogP contribution in [-0.2, 0) is 0 Å². The van der Waals surface area contributed by atoms with Crippen LogP contribution >= 0.6 is 0 Å². The number of benzene rings is 8. The van der Waals surface area contributed by atoms with E-state index < -0.39 is 0 Å². The summed E-state index contributed by atoms with van der Waals surface area (Å²) in [6, 6.07) is 67.6. The van der Waals surface area contributed by atoms with Gasteiger partial charge in [-0.15, -0.1) is 0 Å². The van der Waals surface area contributed by atoms with Crippen molar-refractivity contribution < 1.29 is 0 Å². The Morgan fingerprint density at radius 3 is 1.42 bits per heavy atom. The molecule has 0 amide bonds. The van der Waals surface area contributed by atoms with Crippen molar-refractivity contribution in [3.8, 4) is 33.4 Å². The fourth-order valence-electron chi connectivity index (χ4n) is 6.42. The van der Waals surface area contributed by atoms with Gasteiger partial charge in [-0.25, -0.2) is 0 Å². The Labute approximate surface area is 264 Å². The van der Waals surface area contributed by atoms with Crippen LogP contribution in [0.3, 0.4) is 0 Å². The van der Waals surface area contributed by atoms with Crippen LogP contribution in [0.15, 0.2) is 188 Å². The molecule has 0 saturated heterocycles. The first-order valence-electron chi connectivity index (χ1n) is 15.4. The lowest BCUT2D eigenvalue weighted by Crippen LogP contribution is -2.10. The van der Waals surface area contributed by atoms with Crippen LogP contribution in [0.4, 0.5) is 17.1 Å². The molecule has 0 bridgehead atoms. The number of hydrogen-bond acceptors (Lipinski definition) is 1. The normalized spacial score (nSPS) is 11.1. The standard InChI is InChI=1S/C44H31N/c1-3-12-32(13-4-1)34-22-26-38(27-23-34)45(40-18-11-17-36(30-40)33-14-5-2-6-15-33)39-28-24-35(25-29-39)44-31-37-16-7-8-19-41(37)42-20-9-10-21-43(42)44/h1-31H. The molecule has 0 aliphatic heterocycles. The van der Waals surface area contributed by atoms with Crippen LogP contribution in [0, 0.1) is 0 Å². The Balaban J connectivity index is 1.24. The first-order valence-corrected chi connectivity index (χ1v) is 15.4. The smallest absolute Gasteiger partial charge is 0.0467 e. The van der Waals surface area contributed by atoms with Gasteiger partial charge in [-0.3, -0.25) is 0 Å². The summed E-state index contributed by atoms with van der Waals surface area (Å²) in [7, 11) is 0. The molecule has 0 aliphatic carbocycles. The van der Waals surface area contributed by atoms with Crippen LogP contribution in [0.25, 0.3) is 54.9 Å². The molecule has 0 aromatic heterocycles. The molecule has 0 aliphatic rings. The summed E-state index contributed by atoms with van der Waals surface area (Å²) in [4.78, 5) is 2.35. The molecule has 0 radical (unpaired) electrons. The molecule has 8 rings (SSSR count). The number of hydrogen-bond donors (Lipinski definition) is 0. The zero-order valence-corrected chi connectivity index (χ0v) is 24.8. The van der Waals surface area contributed by atoms with E-state index in [2.05, 4.69) is 193 Å². The Morgan fingerprint density at radius 1 is 0.267 bits per heavy atom. The molecule has 45 heavy (non-hydrogen) atoms. The van der Waals surface area contributed by atoms with E-state index in [4.69, 9.17) is 0 Å². The van der Waals surface area contributed by atoms with Gasteiger partial charge in [-0.05, 0) is 97.4 Å². The quantitative estimate of drug-likeness (QED) is 0.179. The Bertz CT molecular complexity index is 2230. The van der Waals surface area contributed by atoms with Gasteiger partial charge < -0.3 is 4.90 Å². The number of nitrogens with zero attached hydrogens (tertiary/aromatic N) is 1. The first kappa shape index (κ1) is 26.7. The van der Waals surface area contributed by atoms with Crippen molar-refractivity contribution in [2.75, 3.05) is 4.90 Å². The van der Waals surface area contributed by atoms with Gasteiger partial charge in [0, 0.05) is 17.1 Å². The predicted octanol–water partition coefficient (Wildman–Crippen LogP) is 12.5. The molecule has 1 nitrogen and oxygen atoms in total. The topological polar surface area (TPSA) is 3.24 Å². The highest BCUT2D eigenvalue weighted by molar-refractivity contribution is 6.13. The largest absolute Gasteiger partial charge is 0.310 e. The van der Waals surface area contributed by atoms with E-state index >= 15 is 0 Å². The molecule has 8 aromatic rings. The molecule has 0 fully saturated rings. The summed E-state index contributed by atoms with van der Waals surface area (Å²) in [6.07, 6.45) is 0. The highest BCUT2D eigenvalue weighted by atomic mass is 15.1. The first-order chi connectivity index (χ1) is 22.3. The van der Waals surface area contributed by atoms with Gasteiger partial charge in [0.05, 0.1) is 0 Å². The van der Waals surface area contributed by atoms with Crippen LogP contribution in [0.5, 0.6) is 0 Å². The van der Waals surface area contributed by atoms with Crippen molar-refractivity contribution in [1.29, 1.82) is 0 Å². The van der Waals surface area contributed by atoms with E-state index in [9.17, 15) is 0 Å². The van der Waals surface area contributed by atoms with Gasteiger partial charge in [0.2, 0.25) is 0 Å². The molecule has 0 N–H and O–H groups in total. The van der Waals surface area contributed by atoms with Crippen molar-refractivity contribution in [2.45, 2.75) is 0 Å². The van der Waals surface area contributed by atoms with E-state index in [0.717, 1.165) is 17.1 Å². The minimum absolute atomic E-state index is 1.11. The molecular formula is C44H31N. The van der Waals surface area contributed by atoms with Gasteiger partial charge >= 0.3 is 0 Å². The number of rotatable bonds is 6. The Hall–Kier alpha value is -5.92. The third-order valence-corrected chi connectivity index (χ3v) is 8.65. The SMILES string of the molecule is c1ccc(-c2ccc(N(c3ccc(-c4cc5ccccc5c5ccccc45)cc3)c3cccc(-c4ccccc4)c3)cc2)cc1. The predicted molar refractivity (Wildman–Crippen MR) is 192 cm³/mol. The van der Waals surface area contributed by atoms with Gasteiger partial charge in [0.25, 0.3) is 0 Å². The molecule has 8 aromatic carbocycles. The maximum absolute atomic E-state index is 2.35. The zero-order valence-electron chi connectivity index (χ0n) is 24.8. The minimum atomic E-state index is 1.11.